The zero-order chi connectivity index (χ0) is 15.4. The summed E-state index contributed by atoms with van der Waals surface area (Å²) in [4.78, 5) is 12.0. The highest BCUT2D eigenvalue weighted by Gasteiger charge is 2.54. The molecule has 0 spiro atoms. The fourth-order valence-electron chi connectivity index (χ4n) is 3.15. The second-order valence-corrected chi connectivity index (χ2v) is 7.57. The Hall–Kier alpha value is -0.730. The van der Waals surface area contributed by atoms with Crippen LogP contribution in [-0.4, -0.2) is 28.8 Å². The van der Waals surface area contributed by atoms with Crippen molar-refractivity contribution in [3.63, 3.8) is 0 Å². The maximum Gasteiger partial charge on any atom is 0.357 e. The van der Waals surface area contributed by atoms with Crippen LogP contribution >= 0.6 is 22.6 Å². The van der Waals surface area contributed by atoms with Crippen LogP contribution in [0.25, 0.3) is 0 Å². The van der Waals surface area contributed by atoms with Gasteiger partial charge in [-0.1, -0.05) is 6.92 Å². The third-order valence-electron chi connectivity index (χ3n) is 4.16. The number of ether oxygens (including phenoxy) is 1. The van der Waals surface area contributed by atoms with Crippen LogP contribution in [0.1, 0.15) is 54.7 Å². The third kappa shape index (κ3) is 2.80. The summed E-state index contributed by atoms with van der Waals surface area (Å²) in [5.74, 6) is -2.63. The van der Waals surface area contributed by atoms with Crippen molar-refractivity contribution < 1.29 is 18.3 Å². The van der Waals surface area contributed by atoms with Gasteiger partial charge in [-0.15, -0.1) is 0 Å². The lowest BCUT2D eigenvalue weighted by molar-refractivity contribution is -0.160. The first-order chi connectivity index (χ1) is 9.75. The second-order valence-electron chi connectivity index (χ2n) is 6.49. The van der Waals surface area contributed by atoms with Gasteiger partial charge in [-0.2, -0.15) is 5.10 Å². The van der Waals surface area contributed by atoms with Gasteiger partial charge in [0, 0.05) is 25.3 Å². The fraction of sp³-hybridized carbons (Fsp3) is 0.714. The van der Waals surface area contributed by atoms with Crippen LogP contribution in [0, 0.1) is 8.99 Å². The molecule has 2 aliphatic carbocycles. The number of carbonyl (C=O) groups is 1. The van der Waals surface area contributed by atoms with Gasteiger partial charge in [-0.05, 0) is 40.8 Å². The van der Waals surface area contributed by atoms with E-state index in [1.807, 2.05) is 6.92 Å². The van der Waals surface area contributed by atoms with Crippen molar-refractivity contribution in [3.8, 4) is 0 Å². The van der Waals surface area contributed by atoms with E-state index in [-0.39, 0.29) is 12.8 Å². The molecule has 2 fully saturated rings. The summed E-state index contributed by atoms with van der Waals surface area (Å²) >= 11 is 2.11. The maximum absolute atomic E-state index is 13.2. The smallest absolute Gasteiger partial charge is 0.357 e. The summed E-state index contributed by atoms with van der Waals surface area (Å²) < 4.78 is 33.5. The summed E-state index contributed by atoms with van der Waals surface area (Å²) in [7, 11) is 1.33. The molecule has 0 radical (unpaired) electrons. The minimum absolute atomic E-state index is 0.157. The molecule has 7 heteroatoms. The van der Waals surface area contributed by atoms with Crippen molar-refractivity contribution in [3.05, 3.63) is 15.0 Å². The van der Waals surface area contributed by atoms with E-state index in [9.17, 15) is 13.6 Å². The highest BCUT2D eigenvalue weighted by atomic mass is 127. The molecule has 0 unspecified atom stereocenters. The van der Waals surface area contributed by atoms with E-state index >= 15 is 0 Å². The molecule has 2 aliphatic rings. The van der Waals surface area contributed by atoms with Crippen LogP contribution in [-0.2, 0) is 11.3 Å². The van der Waals surface area contributed by atoms with Gasteiger partial charge in [0.05, 0.1) is 16.4 Å². The molecule has 1 aromatic heterocycles. The van der Waals surface area contributed by atoms with Gasteiger partial charge in [0.1, 0.15) is 0 Å². The summed E-state index contributed by atoms with van der Waals surface area (Å²) in [6.07, 6.45) is 1.83. The van der Waals surface area contributed by atoms with Gasteiger partial charge in [-0.25, -0.2) is 13.6 Å². The van der Waals surface area contributed by atoms with Crippen molar-refractivity contribution >= 4 is 28.6 Å². The molecule has 0 N–H and O–H groups in total. The van der Waals surface area contributed by atoms with Crippen LogP contribution in [0.15, 0.2) is 0 Å². The van der Waals surface area contributed by atoms with E-state index in [0.717, 1.165) is 22.1 Å². The van der Waals surface area contributed by atoms with E-state index < -0.39 is 17.3 Å². The van der Waals surface area contributed by atoms with Crippen molar-refractivity contribution in [1.29, 1.82) is 0 Å². The number of aromatic nitrogens is 2. The Bertz CT molecular complexity index is 588. The minimum Gasteiger partial charge on any atom is -0.464 e. The standard InChI is InChI=1S/C14H17F2IN2O2/c1-13(5-14(15,16)6-13)7-19-11(12(20)21-2)9(17)10(18-19)8-3-4-8/h8H,3-7H2,1-2H3. The molecule has 0 aliphatic heterocycles. The van der Waals surface area contributed by atoms with Gasteiger partial charge < -0.3 is 4.74 Å². The molecule has 1 heterocycles. The van der Waals surface area contributed by atoms with Crippen LogP contribution in [0.4, 0.5) is 8.78 Å². The van der Waals surface area contributed by atoms with E-state index in [0.29, 0.717) is 18.2 Å². The number of rotatable bonds is 4. The lowest BCUT2D eigenvalue weighted by atomic mass is 9.67. The number of methoxy groups -OCH3 is 1. The SMILES string of the molecule is COC(=O)c1c(I)c(C2CC2)nn1CC1(C)CC(F)(F)C1. The summed E-state index contributed by atoms with van der Waals surface area (Å²) in [6, 6.07) is 0. The molecule has 1 aromatic rings. The monoisotopic (exact) mass is 410 g/mol. The summed E-state index contributed by atoms with van der Waals surface area (Å²) in [6.45, 7) is 2.15. The predicted molar refractivity (Wildman–Crippen MR) is 80.5 cm³/mol. The first-order valence-corrected chi connectivity index (χ1v) is 8.05. The lowest BCUT2D eigenvalue weighted by Crippen LogP contribution is -2.47. The molecular weight excluding hydrogens is 393 g/mol. The number of halogens is 3. The zero-order valence-corrected chi connectivity index (χ0v) is 14.1. The molecule has 2 saturated carbocycles. The molecule has 116 valence electrons. The molecule has 3 rings (SSSR count). The fourth-order valence-corrected chi connectivity index (χ4v) is 4.20. The van der Waals surface area contributed by atoms with Crippen LogP contribution in [0.2, 0.25) is 0 Å². The molecule has 0 saturated heterocycles. The zero-order valence-electron chi connectivity index (χ0n) is 12.0. The number of esters is 1. The number of nitrogens with zero attached hydrogens (tertiary/aromatic N) is 2. The van der Waals surface area contributed by atoms with Crippen LogP contribution in [0.5, 0.6) is 0 Å². The van der Waals surface area contributed by atoms with Gasteiger partial charge >= 0.3 is 5.97 Å². The highest BCUT2D eigenvalue weighted by Crippen LogP contribution is 2.53. The predicted octanol–water partition coefficient (Wildman–Crippen LogP) is 3.59. The first kappa shape index (κ1) is 15.2. The van der Waals surface area contributed by atoms with E-state index in [1.165, 1.54) is 7.11 Å². The second kappa shape index (κ2) is 4.89. The Morgan fingerprint density at radius 2 is 2.10 bits per heavy atom. The van der Waals surface area contributed by atoms with E-state index in [2.05, 4.69) is 27.7 Å². The normalized spacial score (nSPS) is 22.7. The van der Waals surface area contributed by atoms with Gasteiger partial charge in [0.15, 0.2) is 5.69 Å². The third-order valence-corrected chi connectivity index (χ3v) is 5.23. The molecule has 0 atom stereocenters. The Kier molecular flexibility index (Phi) is 3.53. The van der Waals surface area contributed by atoms with E-state index in [4.69, 9.17) is 4.74 Å². The van der Waals surface area contributed by atoms with Gasteiger partial charge in [0.2, 0.25) is 5.92 Å². The van der Waals surface area contributed by atoms with Crippen LogP contribution < -0.4 is 0 Å². The number of hydrogen-bond acceptors (Lipinski definition) is 3. The average Bonchev–Trinajstić information content (AvgIpc) is 3.12. The number of alkyl halides is 2. The van der Waals surface area contributed by atoms with Gasteiger partial charge in [-0.3, -0.25) is 4.68 Å². The minimum atomic E-state index is -2.58. The first-order valence-electron chi connectivity index (χ1n) is 6.97. The Morgan fingerprint density at radius 1 is 1.48 bits per heavy atom. The quantitative estimate of drug-likeness (QED) is 0.563. The highest BCUT2D eigenvalue weighted by molar-refractivity contribution is 14.1. The topological polar surface area (TPSA) is 44.1 Å². The van der Waals surface area contributed by atoms with Crippen molar-refractivity contribution in [2.45, 2.75) is 51.0 Å². The summed E-state index contributed by atoms with van der Waals surface area (Å²) in [5, 5.41) is 4.52. The summed E-state index contributed by atoms with van der Waals surface area (Å²) in [5.41, 5.74) is 0.796. The lowest BCUT2D eigenvalue weighted by Gasteiger charge is -2.44. The molecular formula is C14H17F2IN2O2. The number of carbonyl (C=O) groups excluding carboxylic acids is 1. The largest absolute Gasteiger partial charge is 0.464 e. The van der Waals surface area contributed by atoms with Crippen molar-refractivity contribution in [1.82, 2.24) is 9.78 Å². The average molecular weight is 410 g/mol. The maximum atomic E-state index is 13.2. The van der Waals surface area contributed by atoms with Gasteiger partial charge in [0.25, 0.3) is 0 Å². The molecule has 0 aromatic carbocycles. The molecule has 4 nitrogen and oxygen atoms in total. The molecule has 0 bridgehead atoms. The molecule has 0 amide bonds. The van der Waals surface area contributed by atoms with E-state index in [1.54, 1.807) is 4.68 Å². The number of hydrogen-bond donors (Lipinski definition) is 0. The van der Waals surface area contributed by atoms with Crippen LogP contribution in [0.3, 0.4) is 0 Å². The van der Waals surface area contributed by atoms with Crippen molar-refractivity contribution in [2.75, 3.05) is 7.11 Å². The molecule has 21 heavy (non-hydrogen) atoms. The Morgan fingerprint density at radius 3 is 2.57 bits per heavy atom. The Balaban J connectivity index is 1.90. The Labute approximate surface area is 135 Å². The van der Waals surface area contributed by atoms with Crippen molar-refractivity contribution in [2.24, 2.45) is 5.41 Å².